The Morgan fingerprint density at radius 3 is 2.62 bits per heavy atom. The van der Waals surface area contributed by atoms with Crippen molar-refractivity contribution in [3.05, 3.63) is 35.4 Å². The smallest absolute Gasteiger partial charge is 0.335 e. The molecule has 1 unspecified atom stereocenters. The Hall–Kier alpha value is -1.84. The van der Waals surface area contributed by atoms with Gasteiger partial charge in [0, 0.05) is 0 Å². The summed E-state index contributed by atoms with van der Waals surface area (Å²) >= 11 is 0. The van der Waals surface area contributed by atoms with Gasteiger partial charge in [0.05, 0.1) is 18.6 Å². The molecule has 4 heteroatoms. The van der Waals surface area contributed by atoms with Gasteiger partial charge in [-0.3, -0.25) is 4.79 Å². The Morgan fingerprint density at radius 1 is 1.44 bits per heavy atom. The zero-order valence-electron chi connectivity index (χ0n) is 9.27. The average molecular weight is 222 g/mol. The normalized spacial score (nSPS) is 11.9. The molecule has 1 aromatic carbocycles. The zero-order valence-corrected chi connectivity index (χ0v) is 9.27. The molecule has 1 atom stereocenters. The van der Waals surface area contributed by atoms with E-state index in [4.69, 9.17) is 5.11 Å². The molecule has 16 heavy (non-hydrogen) atoms. The van der Waals surface area contributed by atoms with Crippen LogP contribution in [-0.2, 0) is 9.53 Å². The van der Waals surface area contributed by atoms with E-state index in [-0.39, 0.29) is 11.5 Å². The molecular weight excluding hydrogens is 208 g/mol. The van der Waals surface area contributed by atoms with Crippen LogP contribution in [0.15, 0.2) is 24.3 Å². The van der Waals surface area contributed by atoms with Crippen LogP contribution in [0.2, 0.25) is 0 Å². The lowest BCUT2D eigenvalue weighted by atomic mass is 9.95. The van der Waals surface area contributed by atoms with Crippen molar-refractivity contribution in [1.29, 1.82) is 0 Å². The molecule has 1 aromatic rings. The van der Waals surface area contributed by atoms with Gasteiger partial charge < -0.3 is 9.84 Å². The highest BCUT2D eigenvalue weighted by Crippen LogP contribution is 2.21. The molecular formula is C12H14O4. The van der Waals surface area contributed by atoms with Gasteiger partial charge in [0.15, 0.2) is 0 Å². The van der Waals surface area contributed by atoms with E-state index >= 15 is 0 Å². The molecule has 0 bridgehead atoms. The second-order valence-corrected chi connectivity index (χ2v) is 3.41. The highest BCUT2D eigenvalue weighted by molar-refractivity contribution is 5.88. The first-order valence-corrected chi connectivity index (χ1v) is 5.01. The van der Waals surface area contributed by atoms with Gasteiger partial charge in [-0.1, -0.05) is 19.1 Å². The number of esters is 1. The lowest BCUT2D eigenvalue weighted by Crippen LogP contribution is -2.14. The fourth-order valence-electron chi connectivity index (χ4n) is 1.57. The molecule has 0 heterocycles. The number of hydrogen-bond acceptors (Lipinski definition) is 3. The van der Waals surface area contributed by atoms with Crippen LogP contribution in [0, 0.1) is 0 Å². The standard InChI is InChI=1S/C12H14O4/c1-3-10(12(15)16-2)8-5-4-6-9(7-8)11(13)14/h4-7,10H,3H2,1-2H3,(H,13,14). The number of methoxy groups -OCH3 is 1. The van der Waals surface area contributed by atoms with E-state index in [1.54, 1.807) is 12.1 Å². The van der Waals surface area contributed by atoms with Gasteiger partial charge in [0.1, 0.15) is 0 Å². The van der Waals surface area contributed by atoms with E-state index in [1.165, 1.54) is 19.2 Å². The van der Waals surface area contributed by atoms with E-state index < -0.39 is 11.9 Å². The first kappa shape index (κ1) is 12.2. The van der Waals surface area contributed by atoms with Crippen molar-refractivity contribution in [3.63, 3.8) is 0 Å². The third-order valence-electron chi connectivity index (χ3n) is 2.43. The summed E-state index contributed by atoms with van der Waals surface area (Å²) in [7, 11) is 1.33. The van der Waals surface area contributed by atoms with Crippen molar-refractivity contribution < 1.29 is 19.4 Å². The number of carbonyl (C=O) groups is 2. The summed E-state index contributed by atoms with van der Waals surface area (Å²) in [6, 6.07) is 6.37. The lowest BCUT2D eigenvalue weighted by Gasteiger charge is -2.12. The van der Waals surface area contributed by atoms with E-state index in [2.05, 4.69) is 4.74 Å². The van der Waals surface area contributed by atoms with Crippen LogP contribution in [0.4, 0.5) is 0 Å². The average Bonchev–Trinajstić information content (AvgIpc) is 2.30. The summed E-state index contributed by atoms with van der Waals surface area (Å²) in [5.41, 5.74) is 0.856. The Labute approximate surface area is 93.9 Å². The minimum absolute atomic E-state index is 0.180. The first-order valence-electron chi connectivity index (χ1n) is 5.01. The minimum atomic E-state index is -0.999. The van der Waals surface area contributed by atoms with E-state index in [9.17, 15) is 9.59 Å². The molecule has 0 spiro atoms. The van der Waals surface area contributed by atoms with Crippen molar-refractivity contribution in [2.45, 2.75) is 19.3 Å². The SMILES string of the molecule is CCC(C(=O)OC)c1cccc(C(=O)O)c1. The number of carboxylic acids is 1. The van der Waals surface area contributed by atoms with Gasteiger partial charge in [-0.2, -0.15) is 0 Å². The quantitative estimate of drug-likeness (QED) is 0.792. The highest BCUT2D eigenvalue weighted by Gasteiger charge is 2.20. The van der Waals surface area contributed by atoms with Crippen LogP contribution in [0.3, 0.4) is 0 Å². The van der Waals surface area contributed by atoms with Crippen molar-refractivity contribution in [3.8, 4) is 0 Å². The molecule has 0 saturated heterocycles. The first-order chi connectivity index (χ1) is 7.60. The summed E-state index contributed by atoms with van der Waals surface area (Å²) in [4.78, 5) is 22.2. The molecule has 1 rings (SSSR count). The molecule has 86 valence electrons. The third kappa shape index (κ3) is 2.59. The van der Waals surface area contributed by atoms with Crippen LogP contribution in [-0.4, -0.2) is 24.2 Å². The maximum Gasteiger partial charge on any atom is 0.335 e. The molecule has 0 aliphatic heterocycles. The maximum atomic E-state index is 11.5. The Balaban J connectivity index is 3.06. The summed E-state index contributed by atoms with van der Waals surface area (Å²) in [5.74, 6) is -1.74. The lowest BCUT2D eigenvalue weighted by molar-refractivity contribution is -0.142. The fraction of sp³-hybridized carbons (Fsp3) is 0.333. The van der Waals surface area contributed by atoms with Gasteiger partial charge in [0.25, 0.3) is 0 Å². The molecule has 0 radical (unpaired) electrons. The highest BCUT2D eigenvalue weighted by atomic mass is 16.5. The van der Waals surface area contributed by atoms with Gasteiger partial charge in [-0.15, -0.1) is 0 Å². The van der Waals surface area contributed by atoms with Crippen molar-refractivity contribution in [2.75, 3.05) is 7.11 Å². The van der Waals surface area contributed by atoms with Crippen molar-refractivity contribution in [1.82, 2.24) is 0 Å². The summed E-state index contributed by atoms with van der Waals surface area (Å²) in [5, 5.41) is 8.84. The molecule has 0 amide bonds. The minimum Gasteiger partial charge on any atom is -0.478 e. The number of hydrogen-bond donors (Lipinski definition) is 1. The van der Waals surface area contributed by atoms with Crippen molar-refractivity contribution in [2.24, 2.45) is 0 Å². The third-order valence-corrected chi connectivity index (χ3v) is 2.43. The molecule has 0 saturated carbocycles. The molecule has 0 aromatic heterocycles. The van der Waals surface area contributed by atoms with Gasteiger partial charge >= 0.3 is 11.9 Å². The number of benzene rings is 1. The molecule has 0 aliphatic carbocycles. The number of carboxylic acid groups (broad SMARTS) is 1. The predicted octanol–water partition coefficient (Wildman–Crippen LogP) is 2.05. The van der Waals surface area contributed by atoms with Crippen LogP contribution in [0.25, 0.3) is 0 Å². The van der Waals surface area contributed by atoms with Crippen LogP contribution >= 0.6 is 0 Å². The van der Waals surface area contributed by atoms with Crippen LogP contribution in [0.5, 0.6) is 0 Å². The molecule has 1 N–H and O–H groups in total. The second-order valence-electron chi connectivity index (χ2n) is 3.41. The number of aromatic carboxylic acids is 1. The molecule has 0 aliphatic rings. The van der Waals surface area contributed by atoms with Gasteiger partial charge in [-0.05, 0) is 24.1 Å². The number of carbonyl (C=O) groups excluding carboxylic acids is 1. The van der Waals surface area contributed by atoms with E-state index in [0.29, 0.717) is 12.0 Å². The maximum absolute atomic E-state index is 11.5. The Bertz CT molecular complexity index is 398. The predicted molar refractivity (Wildman–Crippen MR) is 58.4 cm³/mol. The van der Waals surface area contributed by atoms with Crippen molar-refractivity contribution >= 4 is 11.9 Å². The Kier molecular flexibility index (Phi) is 4.05. The van der Waals surface area contributed by atoms with Gasteiger partial charge in [-0.25, -0.2) is 4.79 Å². The topological polar surface area (TPSA) is 63.6 Å². The van der Waals surface area contributed by atoms with Crippen LogP contribution in [0.1, 0.15) is 35.2 Å². The monoisotopic (exact) mass is 222 g/mol. The molecule has 0 fully saturated rings. The largest absolute Gasteiger partial charge is 0.478 e. The summed E-state index contributed by atoms with van der Waals surface area (Å²) < 4.78 is 4.67. The molecule has 4 nitrogen and oxygen atoms in total. The zero-order chi connectivity index (χ0) is 12.1. The summed E-state index contributed by atoms with van der Waals surface area (Å²) in [6.07, 6.45) is 0.579. The second kappa shape index (κ2) is 5.30. The number of rotatable bonds is 4. The van der Waals surface area contributed by atoms with E-state index in [0.717, 1.165) is 0 Å². The van der Waals surface area contributed by atoms with Crippen LogP contribution < -0.4 is 0 Å². The van der Waals surface area contributed by atoms with E-state index in [1.807, 2.05) is 6.92 Å². The van der Waals surface area contributed by atoms with Gasteiger partial charge in [0.2, 0.25) is 0 Å². The Morgan fingerprint density at radius 2 is 2.12 bits per heavy atom. The fourth-order valence-corrected chi connectivity index (χ4v) is 1.57. The number of ether oxygens (including phenoxy) is 1. The summed E-state index contributed by atoms with van der Waals surface area (Å²) in [6.45, 7) is 1.86.